The van der Waals surface area contributed by atoms with Crippen LogP contribution in [0, 0.1) is 0 Å². The van der Waals surface area contributed by atoms with Gasteiger partial charge in [-0.05, 0) is 49.4 Å². The number of imide groups is 1. The van der Waals surface area contributed by atoms with Crippen molar-refractivity contribution in [2.75, 3.05) is 10.6 Å². The van der Waals surface area contributed by atoms with Gasteiger partial charge in [0.05, 0.1) is 11.1 Å². The van der Waals surface area contributed by atoms with Crippen molar-refractivity contribution in [2.24, 2.45) is 0 Å². The molecule has 0 radical (unpaired) electrons. The largest absolute Gasteiger partial charge is 0.340 e. The Labute approximate surface area is 194 Å². The number of nitrogens with one attached hydrogen (secondary N) is 2. The van der Waals surface area contributed by atoms with Crippen molar-refractivity contribution in [1.82, 2.24) is 24.6 Å². The van der Waals surface area contributed by atoms with Gasteiger partial charge in [-0.25, -0.2) is 14.6 Å². The Morgan fingerprint density at radius 1 is 0.912 bits per heavy atom. The normalized spacial score (nSPS) is 13.5. The summed E-state index contributed by atoms with van der Waals surface area (Å²) in [5.41, 5.74) is 1.89. The van der Waals surface area contributed by atoms with Crippen LogP contribution in [0.15, 0.2) is 79.4 Å². The number of rotatable bonds is 6. The zero-order valence-electron chi connectivity index (χ0n) is 18.0. The van der Waals surface area contributed by atoms with E-state index < -0.39 is 23.8 Å². The fourth-order valence-electron chi connectivity index (χ4n) is 3.65. The first-order valence-electron chi connectivity index (χ1n) is 10.5. The number of nitrogens with zero attached hydrogens (tertiary/aromatic N) is 5. The Kier molecular flexibility index (Phi) is 5.30. The van der Waals surface area contributed by atoms with Gasteiger partial charge in [-0.2, -0.15) is 5.10 Å². The van der Waals surface area contributed by atoms with Crippen molar-refractivity contribution < 1.29 is 14.4 Å². The Balaban J connectivity index is 1.24. The zero-order valence-corrected chi connectivity index (χ0v) is 18.0. The average Bonchev–Trinajstić information content (AvgIpc) is 3.48. The molecule has 3 amide bonds. The van der Waals surface area contributed by atoms with E-state index in [4.69, 9.17) is 0 Å². The summed E-state index contributed by atoms with van der Waals surface area (Å²) in [6.45, 7) is 1.53. The number of benzene rings is 2. The van der Waals surface area contributed by atoms with Crippen LogP contribution in [0.25, 0.3) is 5.82 Å². The molecular formula is C24H19N7O3. The Bertz CT molecular complexity index is 1350. The van der Waals surface area contributed by atoms with Crippen LogP contribution in [0.1, 0.15) is 27.6 Å². The lowest BCUT2D eigenvalue weighted by molar-refractivity contribution is -0.119. The van der Waals surface area contributed by atoms with Crippen molar-refractivity contribution in [3.63, 3.8) is 0 Å². The van der Waals surface area contributed by atoms with Gasteiger partial charge in [0.2, 0.25) is 5.91 Å². The number of anilines is 3. The minimum atomic E-state index is -0.966. The monoisotopic (exact) mass is 453 g/mol. The van der Waals surface area contributed by atoms with Crippen LogP contribution < -0.4 is 10.6 Å². The first-order chi connectivity index (χ1) is 16.5. The topological polar surface area (TPSA) is 122 Å². The van der Waals surface area contributed by atoms with Crippen LogP contribution in [0.4, 0.5) is 17.2 Å². The van der Waals surface area contributed by atoms with E-state index in [1.807, 2.05) is 0 Å². The van der Waals surface area contributed by atoms with E-state index in [-0.39, 0.29) is 0 Å². The quantitative estimate of drug-likeness (QED) is 0.430. The van der Waals surface area contributed by atoms with Crippen LogP contribution in [0.2, 0.25) is 0 Å². The second-order valence-corrected chi connectivity index (χ2v) is 7.61. The first-order valence-corrected chi connectivity index (χ1v) is 10.5. The summed E-state index contributed by atoms with van der Waals surface area (Å²) >= 11 is 0. The highest BCUT2D eigenvalue weighted by Gasteiger charge is 2.40. The molecule has 1 aliphatic rings. The molecule has 0 fully saturated rings. The second-order valence-electron chi connectivity index (χ2n) is 7.61. The van der Waals surface area contributed by atoms with Gasteiger partial charge in [0.1, 0.15) is 18.2 Å². The summed E-state index contributed by atoms with van der Waals surface area (Å²) in [5.74, 6) is -0.204. The van der Waals surface area contributed by atoms with Gasteiger partial charge in [0.15, 0.2) is 5.82 Å². The molecule has 0 saturated heterocycles. The van der Waals surface area contributed by atoms with Crippen LogP contribution in [-0.4, -0.2) is 48.4 Å². The molecule has 2 aromatic heterocycles. The maximum atomic E-state index is 12.8. The van der Waals surface area contributed by atoms with Crippen molar-refractivity contribution in [1.29, 1.82) is 0 Å². The molecule has 0 bridgehead atoms. The van der Waals surface area contributed by atoms with Gasteiger partial charge in [-0.1, -0.05) is 12.1 Å². The van der Waals surface area contributed by atoms with Crippen molar-refractivity contribution in [2.45, 2.75) is 13.0 Å². The molecule has 34 heavy (non-hydrogen) atoms. The zero-order chi connectivity index (χ0) is 23.7. The van der Waals surface area contributed by atoms with E-state index >= 15 is 0 Å². The van der Waals surface area contributed by atoms with Gasteiger partial charge in [0, 0.05) is 29.8 Å². The summed E-state index contributed by atoms with van der Waals surface area (Å²) in [7, 11) is 0. The second kappa shape index (κ2) is 8.58. The molecule has 2 aromatic carbocycles. The van der Waals surface area contributed by atoms with E-state index in [0.717, 1.165) is 10.6 Å². The van der Waals surface area contributed by atoms with E-state index in [2.05, 4.69) is 25.7 Å². The van der Waals surface area contributed by atoms with Gasteiger partial charge in [0.25, 0.3) is 11.8 Å². The maximum Gasteiger partial charge on any atom is 0.262 e. The van der Waals surface area contributed by atoms with Crippen molar-refractivity contribution >= 4 is 34.9 Å². The lowest BCUT2D eigenvalue weighted by atomic mass is 10.1. The molecule has 1 aliphatic heterocycles. The van der Waals surface area contributed by atoms with Gasteiger partial charge in [-0.15, -0.1) is 0 Å². The highest BCUT2D eigenvalue weighted by Crippen LogP contribution is 2.25. The van der Waals surface area contributed by atoms with Crippen LogP contribution in [-0.2, 0) is 4.79 Å². The fraction of sp³-hybridized carbons (Fsp3) is 0.0833. The van der Waals surface area contributed by atoms with E-state index in [1.165, 1.54) is 13.3 Å². The van der Waals surface area contributed by atoms with Crippen molar-refractivity contribution in [3.05, 3.63) is 90.5 Å². The number of carbonyl (C=O) groups excluding carboxylic acids is 3. The maximum absolute atomic E-state index is 12.8. The molecule has 3 heterocycles. The Morgan fingerprint density at radius 3 is 2.24 bits per heavy atom. The summed E-state index contributed by atoms with van der Waals surface area (Å²) in [6.07, 6.45) is 4.89. The van der Waals surface area contributed by atoms with E-state index in [9.17, 15) is 14.4 Å². The third-order valence-corrected chi connectivity index (χ3v) is 5.41. The average molecular weight is 453 g/mol. The number of fused-ring (bicyclic) bond motifs is 1. The van der Waals surface area contributed by atoms with Gasteiger partial charge >= 0.3 is 0 Å². The molecule has 0 saturated carbocycles. The number of hydrogen-bond donors (Lipinski definition) is 2. The van der Waals surface area contributed by atoms with Gasteiger partial charge in [-0.3, -0.25) is 19.3 Å². The minimum absolute atomic E-state index is 0.308. The molecule has 0 aliphatic carbocycles. The number of amides is 3. The molecule has 5 rings (SSSR count). The predicted molar refractivity (Wildman–Crippen MR) is 124 cm³/mol. The molecule has 10 heteroatoms. The smallest absolute Gasteiger partial charge is 0.262 e. The third kappa shape index (κ3) is 3.88. The predicted octanol–water partition coefficient (Wildman–Crippen LogP) is 3.03. The summed E-state index contributed by atoms with van der Waals surface area (Å²) in [5, 5.41) is 10.1. The number of carbonyl (C=O) groups is 3. The van der Waals surface area contributed by atoms with E-state index in [0.29, 0.717) is 28.5 Å². The lowest BCUT2D eigenvalue weighted by Gasteiger charge is -2.21. The van der Waals surface area contributed by atoms with E-state index in [1.54, 1.807) is 77.7 Å². The minimum Gasteiger partial charge on any atom is -0.340 e. The van der Waals surface area contributed by atoms with Crippen molar-refractivity contribution in [3.8, 4) is 5.82 Å². The summed E-state index contributed by atoms with van der Waals surface area (Å²) in [6, 6.07) is 16.1. The standard InChI is InChI=1S/C24H19N7O3/c1-15(31-23(33)18-5-2-3-6-19(18)24(31)34)22(32)29-17-9-7-16(8-10-17)28-20-13-21(26-14-25-20)30-12-4-11-27-30/h2-15H,1H3,(H,29,32)(H,25,26,28)/t15-/m0/s1. The third-order valence-electron chi connectivity index (χ3n) is 5.41. The molecule has 4 aromatic rings. The van der Waals surface area contributed by atoms with Crippen LogP contribution in [0.3, 0.4) is 0 Å². The summed E-state index contributed by atoms with van der Waals surface area (Å²) in [4.78, 5) is 47.4. The Hall–Kier alpha value is -4.86. The summed E-state index contributed by atoms with van der Waals surface area (Å²) < 4.78 is 1.63. The number of aromatic nitrogens is 4. The molecule has 2 N–H and O–H groups in total. The number of hydrogen-bond acceptors (Lipinski definition) is 7. The molecule has 0 unspecified atom stereocenters. The fourth-order valence-corrected chi connectivity index (χ4v) is 3.65. The Morgan fingerprint density at radius 2 is 1.59 bits per heavy atom. The highest BCUT2D eigenvalue weighted by atomic mass is 16.2. The van der Waals surface area contributed by atoms with Crippen LogP contribution >= 0.6 is 0 Å². The highest BCUT2D eigenvalue weighted by molar-refractivity contribution is 6.23. The van der Waals surface area contributed by atoms with Gasteiger partial charge < -0.3 is 10.6 Å². The first kappa shape index (κ1) is 21.0. The molecule has 168 valence electrons. The SMILES string of the molecule is C[C@@H](C(=O)Nc1ccc(Nc2cc(-n3cccn3)ncn2)cc1)N1C(=O)c2ccccc2C1=O. The molecule has 1 atom stereocenters. The van der Waals surface area contributed by atoms with Crippen LogP contribution in [0.5, 0.6) is 0 Å². The molecular weight excluding hydrogens is 434 g/mol. The molecule has 0 spiro atoms. The lowest BCUT2D eigenvalue weighted by Crippen LogP contribution is -2.45. The molecule has 10 nitrogen and oxygen atoms in total.